The smallest absolute Gasteiger partial charge is 0.244 e. The van der Waals surface area contributed by atoms with Crippen LogP contribution >= 0.6 is 22.9 Å². The van der Waals surface area contributed by atoms with Gasteiger partial charge >= 0.3 is 0 Å². The molecule has 0 bridgehead atoms. The number of anilines is 1. The van der Waals surface area contributed by atoms with Gasteiger partial charge in [-0.1, -0.05) is 16.8 Å². The van der Waals surface area contributed by atoms with Gasteiger partial charge < -0.3 is 14.6 Å². The lowest BCUT2D eigenvalue weighted by Gasteiger charge is -2.31. The summed E-state index contributed by atoms with van der Waals surface area (Å²) in [6.07, 6.45) is 1.15. The molecule has 1 N–H and O–H groups in total. The van der Waals surface area contributed by atoms with Crippen molar-refractivity contribution in [2.45, 2.75) is 31.6 Å². The second-order valence-electron chi connectivity index (χ2n) is 7.70. The van der Waals surface area contributed by atoms with E-state index in [0.29, 0.717) is 57.3 Å². The number of aryl methyl sites for hydroxylation is 2. The summed E-state index contributed by atoms with van der Waals surface area (Å²) in [6, 6.07) is 6.50. The van der Waals surface area contributed by atoms with Crippen LogP contribution in [0.3, 0.4) is 0 Å². The summed E-state index contributed by atoms with van der Waals surface area (Å²) in [5.74, 6) is 0.456. The van der Waals surface area contributed by atoms with Gasteiger partial charge in [0.05, 0.1) is 28.5 Å². The predicted molar refractivity (Wildman–Crippen MR) is 125 cm³/mol. The number of nitrogens with one attached hydrogen (secondary N) is 1. The van der Waals surface area contributed by atoms with Gasteiger partial charge in [-0.3, -0.25) is 4.79 Å². The number of carbonyl (C=O) groups excluding carboxylic acids is 1. The van der Waals surface area contributed by atoms with Crippen molar-refractivity contribution in [3.63, 3.8) is 0 Å². The fourth-order valence-electron chi connectivity index (χ4n) is 3.76. The molecule has 3 aromatic rings. The molecule has 9 nitrogen and oxygen atoms in total. The van der Waals surface area contributed by atoms with Crippen molar-refractivity contribution >= 4 is 44.6 Å². The number of carbonyl (C=O) groups is 1. The summed E-state index contributed by atoms with van der Waals surface area (Å²) in [5, 5.41) is 7.16. The maximum absolute atomic E-state index is 13.4. The zero-order valence-corrected chi connectivity index (χ0v) is 20.7. The number of thiophene rings is 1. The number of hydrogen-bond acceptors (Lipinski definition) is 8. The zero-order valence-electron chi connectivity index (χ0n) is 18.3. The molecule has 0 radical (unpaired) electrons. The first kappa shape index (κ1) is 23.7. The summed E-state index contributed by atoms with van der Waals surface area (Å²) in [7, 11) is -2.30. The van der Waals surface area contributed by atoms with Crippen molar-refractivity contribution in [2.75, 3.05) is 25.5 Å². The quantitative estimate of drug-likeness (QED) is 0.530. The maximum Gasteiger partial charge on any atom is 0.244 e. The van der Waals surface area contributed by atoms with Crippen LogP contribution < -0.4 is 10.1 Å². The first-order valence-corrected chi connectivity index (χ1v) is 12.9. The fourth-order valence-corrected chi connectivity index (χ4v) is 6.94. The monoisotopic (exact) mass is 510 g/mol. The molecule has 12 heteroatoms. The van der Waals surface area contributed by atoms with Crippen LogP contribution in [0.15, 0.2) is 33.7 Å². The fraction of sp³-hybridized carbons (Fsp3) is 0.381. The molecule has 1 amide bonds. The lowest BCUT2D eigenvalue weighted by molar-refractivity contribution is -0.120. The Morgan fingerprint density at radius 1 is 1.33 bits per heavy atom. The first-order valence-electron chi connectivity index (χ1n) is 10.2. The second-order valence-corrected chi connectivity index (χ2v) is 11.3. The third-order valence-corrected chi connectivity index (χ3v) is 8.81. The zero-order chi connectivity index (χ0) is 23.8. The molecule has 1 saturated heterocycles. The molecule has 0 aliphatic carbocycles. The molecule has 0 spiro atoms. The molecule has 1 unspecified atom stereocenters. The largest absolute Gasteiger partial charge is 0.495 e. The van der Waals surface area contributed by atoms with Crippen LogP contribution in [0.1, 0.15) is 23.6 Å². The van der Waals surface area contributed by atoms with Gasteiger partial charge in [0.25, 0.3) is 0 Å². The highest BCUT2D eigenvalue weighted by Gasteiger charge is 2.35. The maximum atomic E-state index is 13.4. The van der Waals surface area contributed by atoms with E-state index in [1.54, 1.807) is 38.1 Å². The average Bonchev–Trinajstić information content (AvgIpc) is 3.40. The number of hydrogen-bond donors (Lipinski definition) is 1. The summed E-state index contributed by atoms with van der Waals surface area (Å²) in [5.41, 5.74) is 0.448. The van der Waals surface area contributed by atoms with Crippen molar-refractivity contribution in [3.05, 3.63) is 40.1 Å². The standard InChI is InChI=1S/C21H23ClN4O5S2/c1-12-19(10-18(32-12)20-23-13(2)31-25-20)33(28,29)26-8-4-5-14(11-26)21(27)24-16-9-15(22)6-7-17(16)30-3/h6-7,9-10,14H,4-5,8,11H2,1-3H3,(H,24,27). The lowest BCUT2D eigenvalue weighted by atomic mass is 9.98. The predicted octanol–water partition coefficient (Wildman–Crippen LogP) is 4.12. The summed E-state index contributed by atoms with van der Waals surface area (Å²) < 4.78 is 38.5. The minimum Gasteiger partial charge on any atom is -0.495 e. The van der Waals surface area contributed by atoms with Gasteiger partial charge in [0, 0.05) is 29.9 Å². The average molecular weight is 511 g/mol. The van der Waals surface area contributed by atoms with Gasteiger partial charge in [0.1, 0.15) is 5.75 Å². The molecule has 3 heterocycles. The molecule has 1 atom stereocenters. The number of ether oxygens (including phenoxy) is 1. The normalized spacial score (nSPS) is 17.2. The Morgan fingerprint density at radius 3 is 2.82 bits per heavy atom. The molecular formula is C21H23ClN4O5S2. The number of benzene rings is 1. The summed E-state index contributed by atoms with van der Waals surface area (Å²) in [4.78, 5) is 18.6. The highest BCUT2D eigenvalue weighted by atomic mass is 35.5. The molecule has 1 aliphatic rings. The number of amides is 1. The van der Waals surface area contributed by atoms with Crippen LogP contribution in [0.4, 0.5) is 5.69 Å². The number of nitrogens with zero attached hydrogens (tertiary/aromatic N) is 3. The van der Waals surface area contributed by atoms with E-state index in [2.05, 4.69) is 15.5 Å². The number of aromatic nitrogens is 2. The number of piperidine rings is 1. The van der Waals surface area contributed by atoms with Crippen molar-refractivity contribution in [3.8, 4) is 16.5 Å². The molecule has 1 aromatic carbocycles. The SMILES string of the molecule is COc1ccc(Cl)cc1NC(=O)C1CCCN(S(=O)(=O)c2cc(-c3noc(C)n3)sc2C)C1. The highest BCUT2D eigenvalue weighted by Crippen LogP contribution is 2.35. The van der Waals surface area contributed by atoms with E-state index in [9.17, 15) is 13.2 Å². The van der Waals surface area contributed by atoms with Gasteiger partial charge in [0.15, 0.2) is 0 Å². The van der Waals surface area contributed by atoms with Crippen LogP contribution in [0.5, 0.6) is 5.75 Å². The van der Waals surface area contributed by atoms with E-state index in [1.165, 1.54) is 22.8 Å². The Hall–Kier alpha value is -2.47. The molecular weight excluding hydrogens is 488 g/mol. The number of sulfonamides is 1. The van der Waals surface area contributed by atoms with E-state index in [-0.39, 0.29) is 17.3 Å². The van der Waals surface area contributed by atoms with Crippen LogP contribution in [0.25, 0.3) is 10.7 Å². The van der Waals surface area contributed by atoms with Gasteiger partial charge in [0.2, 0.25) is 27.6 Å². The third-order valence-electron chi connectivity index (χ3n) is 5.41. The van der Waals surface area contributed by atoms with Crippen molar-refractivity contribution in [1.82, 2.24) is 14.4 Å². The van der Waals surface area contributed by atoms with E-state index >= 15 is 0 Å². The Labute approximate surface area is 200 Å². The Kier molecular flexibility index (Phi) is 6.76. The Morgan fingerprint density at radius 2 is 2.12 bits per heavy atom. The molecule has 1 aliphatic heterocycles. The van der Waals surface area contributed by atoms with Gasteiger partial charge in [-0.25, -0.2) is 8.42 Å². The number of rotatable bonds is 6. The minimum absolute atomic E-state index is 0.0863. The molecule has 4 rings (SSSR count). The van der Waals surface area contributed by atoms with Crippen molar-refractivity contribution in [1.29, 1.82) is 0 Å². The lowest BCUT2D eigenvalue weighted by Crippen LogP contribution is -2.43. The van der Waals surface area contributed by atoms with Gasteiger partial charge in [-0.2, -0.15) is 9.29 Å². The van der Waals surface area contributed by atoms with E-state index in [0.717, 1.165) is 0 Å². The topological polar surface area (TPSA) is 115 Å². The first-order chi connectivity index (χ1) is 15.7. The minimum atomic E-state index is -3.80. The number of methoxy groups -OCH3 is 1. The van der Waals surface area contributed by atoms with Gasteiger partial charge in [-0.15, -0.1) is 11.3 Å². The van der Waals surface area contributed by atoms with Crippen LogP contribution in [-0.2, 0) is 14.8 Å². The van der Waals surface area contributed by atoms with Crippen LogP contribution in [0, 0.1) is 19.8 Å². The summed E-state index contributed by atoms with van der Waals surface area (Å²) in [6.45, 7) is 3.85. The summed E-state index contributed by atoms with van der Waals surface area (Å²) >= 11 is 7.34. The second kappa shape index (κ2) is 9.41. The van der Waals surface area contributed by atoms with E-state index in [4.69, 9.17) is 20.9 Å². The van der Waals surface area contributed by atoms with Crippen molar-refractivity contribution < 1.29 is 22.5 Å². The molecule has 1 fully saturated rings. The highest BCUT2D eigenvalue weighted by molar-refractivity contribution is 7.89. The molecule has 0 saturated carbocycles. The van der Waals surface area contributed by atoms with Crippen molar-refractivity contribution in [2.24, 2.45) is 5.92 Å². The van der Waals surface area contributed by atoms with Crippen LogP contribution in [-0.4, -0.2) is 49.0 Å². The van der Waals surface area contributed by atoms with Gasteiger partial charge in [-0.05, 0) is 44.0 Å². The van der Waals surface area contributed by atoms with E-state index in [1.807, 2.05) is 0 Å². The molecule has 176 valence electrons. The Balaban J connectivity index is 1.53. The Bertz CT molecular complexity index is 1290. The molecule has 33 heavy (non-hydrogen) atoms. The third kappa shape index (κ3) is 4.91. The van der Waals surface area contributed by atoms with E-state index < -0.39 is 15.9 Å². The molecule has 2 aromatic heterocycles. The number of halogens is 1. The van der Waals surface area contributed by atoms with Crippen LogP contribution in [0.2, 0.25) is 5.02 Å².